The summed E-state index contributed by atoms with van der Waals surface area (Å²) < 4.78 is 67.5. The number of fused-ring (bicyclic) bond motifs is 1. The largest absolute Gasteiger partial charge is 0.491 e. The van der Waals surface area contributed by atoms with E-state index in [4.69, 9.17) is 9.47 Å². The topological polar surface area (TPSA) is 127 Å². The molecule has 0 amide bonds. The minimum atomic E-state index is -4.85. The van der Waals surface area contributed by atoms with Crippen LogP contribution in [0.15, 0.2) is 46.4 Å². The number of aromatic nitrogens is 5. The number of ether oxygens (including phenoxy) is 2. The van der Waals surface area contributed by atoms with Crippen LogP contribution >= 0.6 is 0 Å². The van der Waals surface area contributed by atoms with Crippen molar-refractivity contribution in [3.8, 4) is 17.1 Å². The zero-order valence-electron chi connectivity index (χ0n) is 23.4. The first-order chi connectivity index (χ1) is 20.6. The molecule has 15 heteroatoms. The second-order valence-electron chi connectivity index (χ2n) is 10.1. The van der Waals surface area contributed by atoms with Crippen molar-refractivity contribution in [2.75, 3.05) is 43.6 Å². The number of hydrogen-bond donors (Lipinski definition) is 2. The highest BCUT2D eigenvalue weighted by Crippen LogP contribution is 2.32. The van der Waals surface area contributed by atoms with Crippen LogP contribution in [0.2, 0.25) is 0 Å². The first-order valence-corrected chi connectivity index (χ1v) is 13.5. The average Bonchev–Trinajstić information content (AvgIpc) is 2.98. The molecule has 1 fully saturated rings. The number of nitrogens with zero attached hydrogens (tertiary/aromatic N) is 5. The molecular weight excluding hydrogens is 574 g/mol. The number of halogens is 4. The summed E-state index contributed by atoms with van der Waals surface area (Å²) in [7, 11) is 1.51. The van der Waals surface area contributed by atoms with Gasteiger partial charge in [-0.05, 0) is 43.4 Å². The number of benzene rings is 1. The van der Waals surface area contributed by atoms with Crippen LogP contribution in [0, 0.1) is 5.82 Å². The summed E-state index contributed by atoms with van der Waals surface area (Å²) >= 11 is 0. The maximum Gasteiger partial charge on any atom is 0.423 e. The Morgan fingerprint density at radius 3 is 2.67 bits per heavy atom. The van der Waals surface area contributed by atoms with Crippen molar-refractivity contribution in [2.24, 2.45) is 0 Å². The molecule has 0 bridgehead atoms. The van der Waals surface area contributed by atoms with Gasteiger partial charge in [0, 0.05) is 31.9 Å². The van der Waals surface area contributed by atoms with Gasteiger partial charge in [-0.2, -0.15) is 18.3 Å². The summed E-state index contributed by atoms with van der Waals surface area (Å²) in [6.07, 6.45) is -0.0690. The molecule has 1 aliphatic heterocycles. The lowest BCUT2D eigenvalue weighted by Crippen LogP contribution is -2.37. The van der Waals surface area contributed by atoms with E-state index < -0.39 is 40.4 Å². The zero-order chi connectivity index (χ0) is 30.7. The van der Waals surface area contributed by atoms with E-state index in [2.05, 4.69) is 20.4 Å². The lowest BCUT2D eigenvalue weighted by molar-refractivity contribution is -0.138. The number of nitrogens with one attached hydrogen (secondary N) is 2. The Labute approximate surface area is 242 Å². The number of morpholine rings is 1. The molecule has 1 atom stereocenters. The van der Waals surface area contributed by atoms with Crippen molar-refractivity contribution in [2.45, 2.75) is 38.5 Å². The van der Waals surface area contributed by atoms with Gasteiger partial charge in [-0.25, -0.2) is 19.5 Å². The normalized spacial score (nSPS) is 14.6. The van der Waals surface area contributed by atoms with Crippen molar-refractivity contribution >= 4 is 22.3 Å². The molecule has 11 nitrogen and oxygen atoms in total. The molecule has 1 saturated heterocycles. The smallest absolute Gasteiger partial charge is 0.423 e. The summed E-state index contributed by atoms with van der Waals surface area (Å²) in [5, 5.41) is 8.59. The average molecular weight is 604 g/mol. The first kappa shape index (κ1) is 29.9. The number of hydrogen-bond acceptors (Lipinski definition) is 9. The van der Waals surface area contributed by atoms with E-state index in [0.717, 1.165) is 12.3 Å². The molecule has 0 radical (unpaired) electrons. The summed E-state index contributed by atoms with van der Waals surface area (Å²) in [5.74, 6) is 0.468. The van der Waals surface area contributed by atoms with Gasteiger partial charge < -0.3 is 24.3 Å². The number of alkyl halides is 3. The molecule has 43 heavy (non-hydrogen) atoms. The maximum absolute atomic E-state index is 15.4. The number of methoxy groups -OCH3 is 1. The van der Waals surface area contributed by atoms with Crippen molar-refractivity contribution in [1.29, 1.82) is 0 Å². The quantitative estimate of drug-likeness (QED) is 0.275. The van der Waals surface area contributed by atoms with Crippen molar-refractivity contribution < 1.29 is 27.0 Å². The van der Waals surface area contributed by atoms with Gasteiger partial charge >= 0.3 is 6.18 Å². The molecule has 4 heterocycles. The van der Waals surface area contributed by atoms with E-state index in [1.165, 1.54) is 23.9 Å². The Kier molecular flexibility index (Phi) is 8.62. The lowest BCUT2D eigenvalue weighted by atomic mass is 10.1. The third-order valence-corrected chi connectivity index (χ3v) is 7.15. The minimum Gasteiger partial charge on any atom is -0.491 e. The molecule has 3 aromatic heterocycles. The number of anilines is 2. The Morgan fingerprint density at radius 1 is 1.19 bits per heavy atom. The molecule has 1 aliphatic rings. The van der Waals surface area contributed by atoms with Gasteiger partial charge in [0.1, 0.15) is 11.4 Å². The molecule has 0 spiro atoms. The first-order valence-electron chi connectivity index (χ1n) is 13.5. The monoisotopic (exact) mass is 603 g/mol. The molecule has 5 rings (SSSR count). The molecular formula is C28H29F4N7O4. The second kappa shape index (κ2) is 12.4. The summed E-state index contributed by atoms with van der Waals surface area (Å²) in [5.41, 5.74) is -3.38. The van der Waals surface area contributed by atoms with Crippen LogP contribution in [0.25, 0.3) is 22.2 Å². The number of H-pyrrole nitrogens is 1. The van der Waals surface area contributed by atoms with E-state index in [1.54, 1.807) is 24.3 Å². The third kappa shape index (κ3) is 6.45. The van der Waals surface area contributed by atoms with Crippen LogP contribution in [0.3, 0.4) is 0 Å². The van der Waals surface area contributed by atoms with Crippen LogP contribution in [-0.4, -0.2) is 64.2 Å². The van der Waals surface area contributed by atoms with E-state index in [-0.39, 0.29) is 23.3 Å². The fraction of sp³-hybridized carbons (Fsp3) is 0.393. The molecule has 2 N–H and O–H groups in total. The van der Waals surface area contributed by atoms with Gasteiger partial charge in [-0.1, -0.05) is 0 Å². The molecule has 0 unspecified atom stereocenters. The summed E-state index contributed by atoms with van der Waals surface area (Å²) in [4.78, 5) is 35.7. The minimum absolute atomic E-state index is 0.133. The Balaban J connectivity index is 1.32. The van der Waals surface area contributed by atoms with Crippen LogP contribution in [0.1, 0.15) is 25.3 Å². The van der Waals surface area contributed by atoms with Gasteiger partial charge in [-0.15, -0.1) is 0 Å². The SMILES string of the molecule is COc1cnc(-c2cc3ccn(CCC[C@H](C)Nc4cn[nH]c(=O)c4C(F)(F)F)c(=O)c3cc2F)nc1N1CCOCC1. The lowest BCUT2D eigenvalue weighted by Gasteiger charge is -2.29. The molecule has 0 aliphatic carbocycles. The highest BCUT2D eigenvalue weighted by Gasteiger charge is 2.37. The Hall–Kier alpha value is -4.53. The highest BCUT2D eigenvalue weighted by atomic mass is 19.4. The van der Waals surface area contributed by atoms with Gasteiger partial charge in [0.2, 0.25) is 0 Å². The van der Waals surface area contributed by atoms with Crippen LogP contribution in [-0.2, 0) is 17.5 Å². The fourth-order valence-corrected chi connectivity index (χ4v) is 4.99. The van der Waals surface area contributed by atoms with Crippen LogP contribution < -0.4 is 26.1 Å². The van der Waals surface area contributed by atoms with E-state index in [9.17, 15) is 22.8 Å². The Bertz CT molecular complexity index is 1740. The van der Waals surface area contributed by atoms with Crippen molar-refractivity contribution in [3.05, 3.63) is 68.9 Å². The Morgan fingerprint density at radius 2 is 1.95 bits per heavy atom. The number of rotatable bonds is 9. The molecule has 228 valence electrons. The standard InChI is InChI=1S/C28H29F4N7O4/c1-16(35-21-14-34-37-26(40)23(21)28(30,31)32)4-3-6-39-7-5-17-12-19(20(29)13-18(17)27(39)41)24-33-15-22(42-2)25(36-24)38-8-10-43-11-9-38/h5,7,12-16H,3-4,6,8-11H2,1-2H3,(H2,35,37,40)/t16-/m0/s1. The van der Waals surface area contributed by atoms with Crippen LogP contribution in [0.5, 0.6) is 5.75 Å². The zero-order valence-corrected chi connectivity index (χ0v) is 23.4. The van der Waals surface area contributed by atoms with Gasteiger partial charge in [-0.3, -0.25) is 9.59 Å². The van der Waals surface area contributed by atoms with E-state index in [0.29, 0.717) is 56.1 Å². The van der Waals surface area contributed by atoms with Crippen molar-refractivity contribution in [3.63, 3.8) is 0 Å². The highest BCUT2D eigenvalue weighted by molar-refractivity contribution is 5.86. The van der Waals surface area contributed by atoms with E-state index >= 15 is 4.39 Å². The van der Waals surface area contributed by atoms with Gasteiger partial charge in [0.05, 0.1) is 49.4 Å². The van der Waals surface area contributed by atoms with Crippen molar-refractivity contribution in [1.82, 2.24) is 24.7 Å². The second-order valence-corrected chi connectivity index (χ2v) is 10.1. The van der Waals surface area contributed by atoms with Gasteiger partial charge in [0.25, 0.3) is 11.1 Å². The predicted molar refractivity (Wildman–Crippen MR) is 151 cm³/mol. The van der Waals surface area contributed by atoms with Crippen LogP contribution in [0.4, 0.5) is 29.1 Å². The number of aromatic amines is 1. The summed E-state index contributed by atoms with van der Waals surface area (Å²) in [6.45, 7) is 4.15. The van der Waals surface area contributed by atoms with E-state index in [1.807, 2.05) is 4.90 Å². The fourth-order valence-electron chi connectivity index (χ4n) is 4.99. The molecule has 0 saturated carbocycles. The van der Waals surface area contributed by atoms with Gasteiger partial charge in [0.15, 0.2) is 17.4 Å². The molecule has 1 aromatic carbocycles. The number of aryl methyl sites for hydroxylation is 1. The molecule has 4 aromatic rings. The third-order valence-electron chi connectivity index (χ3n) is 7.15. The predicted octanol–water partition coefficient (Wildman–Crippen LogP) is 3.83. The summed E-state index contributed by atoms with van der Waals surface area (Å²) in [6, 6.07) is 3.91. The number of pyridine rings is 1. The maximum atomic E-state index is 15.4.